The molecule has 4 atom stereocenters. The number of hydrogen-bond donors (Lipinski definition) is 2. The van der Waals surface area contributed by atoms with E-state index in [2.05, 4.69) is 46.6 Å². The molecule has 1 aliphatic carbocycles. The minimum Gasteiger partial charge on any atom is -0.465 e. The van der Waals surface area contributed by atoms with Crippen LogP contribution in [-0.2, 0) is 16.0 Å². The number of piperidine rings is 1. The van der Waals surface area contributed by atoms with Gasteiger partial charge in [0.1, 0.15) is 6.04 Å². The van der Waals surface area contributed by atoms with Crippen LogP contribution in [-0.4, -0.2) is 54.7 Å². The van der Waals surface area contributed by atoms with Crippen molar-refractivity contribution >= 4 is 16.9 Å². The van der Waals surface area contributed by atoms with E-state index in [-0.39, 0.29) is 12.0 Å². The highest BCUT2D eigenvalue weighted by Gasteiger charge is 2.39. The van der Waals surface area contributed by atoms with Gasteiger partial charge in [-0.2, -0.15) is 0 Å². The van der Waals surface area contributed by atoms with Crippen molar-refractivity contribution in [2.45, 2.75) is 62.9 Å². The number of hydrogen-bond acceptors (Lipinski definition) is 4. The number of benzene rings is 1. The van der Waals surface area contributed by atoms with Gasteiger partial charge in [-0.25, -0.2) is 0 Å². The van der Waals surface area contributed by atoms with Crippen LogP contribution in [0.2, 0.25) is 0 Å². The zero-order valence-electron chi connectivity index (χ0n) is 17.5. The fourth-order valence-corrected chi connectivity index (χ4v) is 5.92. The molecule has 2 aromatic rings. The van der Waals surface area contributed by atoms with Crippen molar-refractivity contribution < 1.29 is 9.53 Å². The molecule has 2 N–H and O–H groups in total. The predicted octanol–water partition coefficient (Wildman–Crippen LogP) is 3.59. The second-order valence-corrected chi connectivity index (χ2v) is 9.32. The van der Waals surface area contributed by atoms with Crippen LogP contribution in [0.1, 0.15) is 55.6 Å². The fourth-order valence-electron chi connectivity index (χ4n) is 5.92. The van der Waals surface area contributed by atoms with Crippen LogP contribution in [0.15, 0.2) is 24.4 Å². The van der Waals surface area contributed by atoms with E-state index in [0.717, 1.165) is 45.2 Å². The van der Waals surface area contributed by atoms with E-state index < -0.39 is 0 Å². The Morgan fingerprint density at radius 1 is 1.28 bits per heavy atom. The number of likely N-dealkylation sites (tertiary alicyclic amines) is 1. The van der Waals surface area contributed by atoms with E-state index in [1.54, 1.807) is 0 Å². The minimum atomic E-state index is -0.0983. The van der Waals surface area contributed by atoms with Crippen LogP contribution in [0.3, 0.4) is 0 Å². The molecule has 156 valence electrons. The third-order valence-electron chi connectivity index (χ3n) is 7.43. The van der Waals surface area contributed by atoms with Crippen LogP contribution >= 0.6 is 0 Å². The molecule has 0 radical (unpaired) electrons. The molecular weight excluding hydrogens is 362 g/mol. The van der Waals surface area contributed by atoms with Gasteiger partial charge in [-0.15, -0.1) is 0 Å². The van der Waals surface area contributed by atoms with Gasteiger partial charge in [-0.3, -0.25) is 4.79 Å². The third kappa shape index (κ3) is 3.71. The molecule has 29 heavy (non-hydrogen) atoms. The summed E-state index contributed by atoms with van der Waals surface area (Å²) in [5.41, 5.74) is 4.24. The van der Waals surface area contributed by atoms with Gasteiger partial charge in [0, 0.05) is 35.6 Å². The molecule has 0 saturated carbocycles. The van der Waals surface area contributed by atoms with Crippen molar-refractivity contribution in [1.29, 1.82) is 0 Å². The molecule has 0 bridgehead atoms. The van der Waals surface area contributed by atoms with Gasteiger partial charge in [-0.05, 0) is 68.8 Å². The zero-order chi connectivity index (χ0) is 19.8. The smallest absolute Gasteiger partial charge is 0.323 e. The van der Waals surface area contributed by atoms with E-state index in [1.165, 1.54) is 34.9 Å². The Balaban J connectivity index is 1.22. The van der Waals surface area contributed by atoms with Crippen LogP contribution in [0.25, 0.3) is 10.9 Å². The highest BCUT2D eigenvalue weighted by Crippen LogP contribution is 2.44. The van der Waals surface area contributed by atoms with Crippen molar-refractivity contribution in [3.05, 3.63) is 35.5 Å². The molecule has 0 amide bonds. The minimum absolute atomic E-state index is 0.0478. The van der Waals surface area contributed by atoms with Gasteiger partial charge in [0.2, 0.25) is 0 Å². The van der Waals surface area contributed by atoms with Crippen molar-refractivity contribution in [2.75, 3.05) is 26.7 Å². The molecule has 2 aliphatic heterocycles. The lowest BCUT2D eigenvalue weighted by Gasteiger charge is -2.45. The highest BCUT2D eigenvalue weighted by atomic mass is 16.5. The Bertz CT molecular complexity index is 868. The van der Waals surface area contributed by atoms with E-state index in [9.17, 15) is 4.79 Å². The Morgan fingerprint density at radius 3 is 3.14 bits per heavy atom. The van der Waals surface area contributed by atoms with Gasteiger partial charge in [0.05, 0.1) is 6.61 Å². The second kappa shape index (κ2) is 8.11. The Labute approximate surface area is 173 Å². The Kier molecular flexibility index (Phi) is 5.35. The molecule has 2 saturated heterocycles. The van der Waals surface area contributed by atoms with Gasteiger partial charge < -0.3 is 19.9 Å². The summed E-state index contributed by atoms with van der Waals surface area (Å²) in [6, 6.07) is 7.18. The number of nitrogens with zero attached hydrogens (tertiary/aromatic N) is 1. The predicted molar refractivity (Wildman–Crippen MR) is 115 cm³/mol. The number of carbonyl (C=O) groups is 1. The summed E-state index contributed by atoms with van der Waals surface area (Å²) < 4.78 is 5.69. The van der Waals surface area contributed by atoms with E-state index >= 15 is 0 Å². The van der Waals surface area contributed by atoms with Crippen molar-refractivity contribution in [2.24, 2.45) is 5.92 Å². The van der Waals surface area contributed by atoms with Crippen LogP contribution in [0, 0.1) is 5.92 Å². The topological polar surface area (TPSA) is 57.4 Å². The standard InChI is InChI=1S/C24H33N3O2/c1-27-15-16(9-11-29-24(28)21-7-3-2-4-10-25-21)12-19-18-6-5-8-20-23(18)17(14-26-20)13-22(19)27/h5-6,8,14,16,19,21-22,25-26H,2-4,7,9-13,15H2,1H3/t16?,19-,21?,22-/m0/s1. The Hall–Kier alpha value is -1.85. The maximum absolute atomic E-state index is 12.4. The van der Waals surface area contributed by atoms with Crippen LogP contribution in [0.5, 0.6) is 0 Å². The number of aromatic amines is 1. The summed E-state index contributed by atoms with van der Waals surface area (Å²) in [6.45, 7) is 2.57. The first-order valence-electron chi connectivity index (χ1n) is 11.4. The van der Waals surface area contributed by atoms with E-state index in [1.807, 2.05) is 0 Å². The van der Waals surface area contributed by atoms with Gasteiger partial charge in [0.15, 0.2) is 0 Å². The summed E-state index contributed by atoms with van der Waals surface area (Å²) in [4.78, 5) is 18.4. The largest absolute Gasteiger partial charge is 0.465 e. The first kappa shape index (κ1) is 19.1. The highest BCUT2D eigenvalue weighted by molar-refractivity contribution is 5.88. The maximum atomic E-state index is 12.4. The van der Waals surface area contributed by atoms with Crippen molar-refractivity contribution in [3.63, 3.8) is 0 Å². The molecule has 5 nitrogen and oxygen atoms in total. The fraction of sp³-hybridized carbons (Fsp3) is 0.625. The number of fused-ring (bicyclic) bond motifs is 2. The summed E-state index contributed by atoms with van der Waals surface area (Å²) in [5.74, 6) is 1.10. The number of aromatic nitrogens is 1. The van der Waals surface area contributed by atoms with Gasteiger partial charge in [0.25, 0.3) is 0 Å². The average Bonchev–Trinajstić information content (AvgIpc) is 2.96. The summed E-state index contributed by atoms with van der Waals surface area (Å²) >= 11 is 0. The summed E-state index contributed by atoms with van der Waals surface area (Å²) in [6.07, 6.45) is 9.89. The number of likely N-dealkylation sites (N-methyl/N-ethyl adjacent to an activating group) is 1. The van der Waals surface area contributed by atoms with Crippen LogP contribution < -0.4 is 5.32 Å². The quantitative estimate of drug-likeness (QED) is 0.777. The van der Waals surface area contributed by atoms with Crippen molar-refractivity contribution in [3.8, 4) is 0 Å². The third-order valence-corrected chi connectivity index (χ3v) is 7.43. The number of carbonyl (C=O) groups excluding carboxylic acids is 1. The van der Waals surface area contributed by atoms with Gasteiger partial charge >= 0.3 is 5.97 Å². The molecule has 5 rings (SSSR count). The molecule has 2 unspecified atom stereocenters. The zero-order valence-corrected chi connectivity index (χ0v) is 17.5. The molecule has 5 heteroatoms. The average molecular weight is 396 g/mol. The second-order valence-electron chi connectivity index (χ2n) is 9.32. The summed E-state index contributed by atoms with van der Waals surface area (Å²) in [5, 5.41) is 4.80. The van der Waals surface area contributed by atoms with E-state index in [0.29, 0.717) is 24.5 Å². The van der Waals surface area contributed by atoms with E-state index in [4.69, 9.17) is 4.74 Å². The maximum Gasteiger partial charge on any atom is 0.323 e. The number of H-pyrrole nitrogens is 1. The normalized spacial score (nSPS) is 30.0. The lowest BCUT2D eigenvalue weighted by molar-refractivity contribution is -0.146. The lowest BCUT2D eigenvalue weighted by atomic mass is 9.72. The molecule has 3 heterocycles. The van der Waals surface area contributed by atoms with Crippen LogP contribution in [0.4, 0.5) is 0 Å². The number of esters is 1. The summed E-state index contributed by atoms with van der Waals surface area (Å²) in [7, 11) is 2.27. The van der Waals surface area contributed by atoms with Crippen molar-refractivity contribution in [1.82, 2.24) is 15.2 Å². The number of ether oxygens (including phenoxy) is 1. The Morgan fingerprint density at radius 2 is 2.21 bits per heavy atom. The molecular formula is C24H33N3O2. The SMILES string of the molecule is CN1CC(CCOC(=O)C2CCCCCN2)C[C@H]2c3cccc4[nH]cc(c34)C[C@@H]21. The molecule has 1 aromatic carbocycles. The first-order valence-corrected chi connectivity index (χ1v) is 11.4. The lowest BCUT2D eigenvalue weighted by Crippen LogP contribution is -2.48. The molecule has 0 spiro atoms. The number of nitrogens with one attached hydrogen (secondary N) is 2. The monoisotopic (exact) mass is 395 g/mol. The first-order chi connectivity index (χ1) is 14.2. The van der Waals surface area contributed by atoms with Gasteiger partial charge in [-0.1, -0.05) is 25.0 Å². The molecule has 3 aliphatic rings. The molecule has 2 fully saturated rings. The number of rotatable bonds is 4. The molecule has 1 aromatic heterocycles.